The highest BCUT2D eigenvalue weighted by atomic mass is 19.2. The summed E-state index contributed by atoms with van der Waals surface area (Å²) in [6, 6.07) is 0.178. The Hall–Kier alpha value is -2.65. The number of aromatic carboxylic acids is 1. The number of halogens is 8. The summed E-state index contributed by atoms with van der Waals surface area (Å²) in [4.78, 5) is 10.2. The molecule has 0 atom stereocenters. The molecule has 0 radical (unpaired) electrons. The molecule has 25 heavy (non-hydrogen) atoms. The summed E-state index contributed by atoms with van der Waals surface area (Å²) in [5.41, 5.74) is -3.14. The largest absolute Gasteiger partial charge is 0.477 e. The minimum Gasteiger partial charge on any atom is -0.477 e. The van der Waals surface area contributed by atoms with Crippen molar-refractivity contribution in [3.05, 3.63) is 69.3 Å². The van der Waals surface area contributed by atoms with Crippen molar-refractivity contribution < 1.29 is 45.0 Å². The van der Waals surface area contributed by atoms with E-state index in [0.717, 1.165) is 13.8 Å². The molecule has 2 nitrogen and oxygen atoms in total. The highest BCUT2D eigenvalue weighted by molar-refractivity contribution is 5.88. The predicted octanol–water partition coefficient (Wildman–Crippen LogP) is 4.80. The summed E-state index contributed by atoms with van der Waals surface area (Å²) in [6.07, 6.45) is 0. The second-order valence-electron chi connectivity index (χ2n) is 4.65. The van der Waals surface area contributed by atoms with Crippen LogP contribution in [0.5, 0.6) is 0 Å². The second kappa shape index (κ2) is 7.49. The lowest BCUT2D eigenvalue weighted by Crippen LogP contribution is -2.11. The molecule has 0 aromatic heterocycles. The first-order valence-electron chi connectivity index (χ1n) is 6.27. The summed E-state index contributed by atoms with van der Waals surface area (Å²) in [5.74, 6) is -14.7. The van der Waals surface area contributed by atoms with Crippen LogP contribution < -0.4 is 0 Å². The van der Waals surface area contributed by atoms with Gasteiger partial charge in [-0.2, -0.15) is 0 Å². The van der Waals surface area contributed by atoms with E-state index >= 15 is 0 Å². The molecule has 0 bridgehead atoms. The molecule has 0 saturated carbocycles. The summed E-state index contributed by atoms with van der Waals surface area (Å²) in [6.45, 7) is 1.78. The van der Waals surface area contributed by atoms with E-state index in [2.05, 4.69) is 0 Å². The molecule has 2 aromatic rings. The Labute approximate surface area is 135 Å². The third-order valence-electron chi connectivity index (χ3n) is 3.03. The van der Waals surface area contributed by atoms with E-state index in [1.54, 1.807) is 0 Å². The molecule has 0 aliphatic rings. The number of carbonyl (C=O) groups is 1. The first-order valence-corrected chi connectivity index (χ1v) is 6.27. The minimum absolute atomic E-state index is 0.178. The van der Waals surface area contributed by atoms with E-state index in [1.807, 2.05) is 0 Å². The van der Waals surface area contributed by atoms with Gasteiger partial charge in [-0.25, -0.2) is 39.9 Å². The van der Waals surface area contributed by atoms with Crippen molar-refractivity contribution in [2.45, 2.75) is 13.8 Å². The molecule has 136 valence electrons. The monoisotopic (exact) mass is 372 g/mol. The smallest absolute Gasteiger partial charge is 0.341 e. The Morgan fingerprint density at radius 2 is 1.00 bits per heavy atom. The highest BCUT2D eigenvalue weighted by Crippen LogP contribution is 2.23. The van der Waals surface area contributed by atoms with Gasteiger partial charge >= 0.3 is 5.97 Å². The Balaban J connectivity index is 0.000000257. The van der Waals surface area contributed by atoms with Crippen LogP contribution in [-0.2, 0) is 0 Å². The van der Waals surface area contributed by atoms with E-state index in [9.17, 15) is 39.9 Å². The highest BCUT2D eigenvalue weighted by Gasteiger charge is 2.27. The van der Waals surface area contributed by atoms with Crippen molar-refractivity contribution >= 4 is 5.97 Å². The molecule has 0 aliphatic carbocycles. The van der Waals surface area contributed by atoms with E-state index in [0.29, 0.717) is 0 Å². The number of carboxylic acids is 1. The van der Waals surface area contributed by atoms with Crippen LogP contribution in [-0.4, -0.2) is 11.1 Å². The fourth-order valence-electron chi connectivity index (χ4n) is 1.62. The molecule has 2 aromatic carbocycles. The first-order chi connectivity index (χ1) is 11.4. The molecule has 0 aliphatic heterocycles. The molecule has 0 spiro atoms. The van der Waals surface area contributed by atoms with Crippen molar-refractivity contribution in [1.29, 1.82) is 0 Å². The third kappa shape index (κ3) is 3.89. The van der Waals surface area contributed by atoms with E-state index in [4.69, 9.17) is 5.11 Å². The molecule has 0 amide bonds. The van der Waals surface area contributed by atoms with Crippen LogP contribution in [0.2, 0.25) is 0 Å². The molecular formula is C15H8F8O2. The van der Waals surface area contributed by atoms with Crippen LogP contribution in [0.4, 0.5) is 35.1 Å². The number of benzene rings is 2. The summed E-state index contributed by atoms with van der Waals surface area (Å²) in [7, 11) is 0. The van der Waals surface area contributed by atoms with Gasteiger partial charge in [-0.15, -0.1) is 0 Å². The Kier molecular flexibility index (Phi) is 6.11. The van der Waals surface area contributed by atoms with Crippen LogP contribution in [0.3, 0.4) is 0 Å². The molecule has 10 heteroatoms. The van der Waals surface area contributed by atoms with Gasteiger partial charge < -0.3 is 5.11 Å². The lowest BCUT2D eigenvalue weighted by Gasteiger charge is -2.05. The van der Waals surface area contributed by atoms with Gasteiger partial charge in [0.25, 0.3) is 0 Å². The van der Waals surface area contributed by atoms with Gasteiger partial charge in [-0.3, -0.25) is 0 Å². The molecule has 2 rings (SSSR count). The van der Waals surface area contributed by atoms with Gasteiger partial charge in [0, 0.05) is 17.2 Å². The maximum Gasteiger partial charge on any atom is 0.341 e. The predicted molar refractivity (Wildman–Crippen MR) is 69.0 cm³/mol. The first kappa shape index (κ1) is 20.4. The number of rotatable bonds is 1. The Morgan fingerprint density at radius 3 is 1.32 bits per heavy atom. The fraction of sp³-hybridized carbons (Fsp3) is 0.133. The molecular weight excluding hydrogens is 364 g/mol. The lowest BCUT2D eigenvalue weighted by molar-refractivity contribution is 0.0683. The molecule has 0 fully saturated rings. The SMILES string of the molecule is Cc1c(F)c(F)c(C(=O)O)c(F)c1F.Cc1c(F)c(F)cc(F)c1F. The second-order valence-corrected chi connectivity index (χ2v) is 4.65. The van der Waals surface area contributed by atoms with Gasteiger partial charge in [-0.1, -0.05) is 0 Å². The van der Waals surface area contributed by atoms with Crippen LogP contribution in [0.25, 0.3) is 0 Å². The molecule has 0 unspecified atom stereocenters. The quantitative estimate of drug-likeness (QED) is 0.577. The van der Waals surface area contributed by atoms with Crippen LogP contribution in [0.15, 0.2) is 6.07 Å². The number of hydrogen-bond acceptors (Lipinski definition) is 1. The molecule has 1 N–H and O–H groups in total. The summed E-state index contributed by atoms with van der Waals surface area (Å²) >= 11 is 0. The standard InChI is InChI=1S/C8H4F4O2.C7H4F4/c1-2-4(9)6(11)3(8(13)14)7(12)5(2)10;1-3-6(10)4(8)2-5(9)7(3)11/h1H3,(H,13,14);2H,1H3. The van der Waals surface area contributed by atoms with Gasteiger partial charge in [-0.05, 0) is 13.8 Å². The van der Waals surface area contributed by atoms with E-state index in [1.165, 1.54) is 0 Å². The van der Waals surface area contributed by atoms with Crippen molar-refractivity contribution in [3.63, 3.8) is 0 Å². The van der Waals surface area contributed by atoms with Gasteiger partial charge in [0.05, 0.1) is 0 Å². The Morgan fingerprint density at radius 1 is 0.680 bits per heavy atom. The lowest BCUT2D eigenvalue weighted by atomic mass is 10.1. The maximum absolute atomic E-state index is 12.8. The fourth-order valence-corrected chi connectivity index (χ4v) is 1.62. The van der Waals surface area contributed by atoms with E-state index in [-0.39, 0.29) is 6.07 Å². The van der Waals surface area contributed by atoms with Crippen LogP contribution >= 0.6 is 0 Å². The van der Waals surface area contributed by atoms with Crippen molar-refractivity contribution in [2.24, 2.45) is 0 Å². The van der Waals surface area contributed by atoms with Crippen LogP contribution in [0, 0.1) is 60.4 Å². The summed E-state index contributed by atoms with van der Waals surface area (Å²) < 4.78 is 100. The number of carboxylic acid groups (broad SMARTS) is 1. The minimum atomic E-state index is -2.06. The molecule has 0 heterocycles. The third-order valence-corrected chi connectivity index (χ3v) is 3.03. The normalized spacial score (nSPS) is 10.3. The van der Waals surface area contributed by atoms with Gasteiger partial charge in [0.2, 0.25) is 0 Å². The summed E-state index contributed by atoms with van der Waals surface area (Å²) in [5, 5.41) is 8.27. The number of hydrogen-bond donors (Lipinski definition) is 1. The van der Waals surface area contributed by atoms with Gasteiger partial charge in [0.15, 0.2) is 46.5 Å². The van der Waals surface area contributed by atoms with E-state index < -0.39 is 69.2 Å². The average Bonchev–Trinajstić information content (AvgIpc) is 2.55. The van der Waals surface area contributed by atoms with Gasteiger partial charge in [0.1, 0.15) is 5.56 Å². The topological polar surface area (TPSA) is 37.3 Å². The zero-order valence-electron chi connectivity index (χ0n) is 12.5. The maximum atomic E-state index is 12.8. The van der Waals surface area contributed by atoms with Crippen molar-refractivity contribution in [2.75, 3.05) is 0 Å². The van der Waals surface area contributed by atoms with Crippen molar-refractivity contribution in [3.8, 4) is 0 Å². The Bertz CT molecular complexity index is 793. The average molecular weight is 372 g/mol. The zero-order valence-corrected chi connectivity index (χ0v) is 12.5. The van der Waals surface area contributed by atoms with Crippen LogP contribution in [0.1, 0.15) is 21.5 Å². The van der Waals surface area contributed by atoms with Crippen molar-refractivity contribution in [1.82, 2.24) is 0 Å². The molecule has 0 saturated heterocycles. The zero-order chi connectivity index (χ0) is 19.6.